The molecule has 0 spiro atoms. The smallest absolute Gasteiger partial charge is 0.220 e. The first-order chi connectivity index (χ1) is 12.6. The second kappa shape index (κ2) is 13.5. The fourth-order valence-corrected chi connectivity index (χ4v) is 3.33. The SMILES string of the molecule is CN=C(NCCCCN1CCC(C(N)=O)CC1)N(C)CCOCC1CC1.I. The summed E-state index contributed by atoms with van der Waals surface area (Å²) in [7, 11) is 3.88. The quantitative estimate of drug-likeness (QED) is 0.197. The number of likely N-dealkylation sites (tertiary alicyclic amines) is 1. The summed E-state index contributed by atoms with van der Waals surface area (Å²) in [6.07, 6.45) is 6.76. The monoisotopic (exact) mass is 495 g/mol. The van der Waals surface area contributed by atoms with E-state index in [2.05, 4.69) is 27.2 Å². The zero-order chi connectivity index (χ0) is 18.8. The van der Waals surface area contributed by atoms with Crippen molar-refractivity contribution in [2.24, 2.45) is 22.6 Å². The van der Waals surface area contributed by atoms with Gasteiger partial charge in [-0.3, -0.25) is 9.79 Å². The molecule has 0 aromatic carbocycles. The summed E-state index contributed by atoms with van der Waals surface area (Å²) >= 11 is 0. The molecule has 1 saturated carbocycles. The molecular formula is C19H38IN5O2. The van der Waals surface area contributed by atoms with Crippen LogP contribution < -0.4 is 11.1 Å². The molecule has 158 valence electrons. The Morgan fingerprint density at radius 2 is 1.96 bits per heavy atom. The predicted molar refractivity (Wildman–Crippen MR) is 121 cm³/mol. The van der Waals surface area contributed by atoms with Gasteiger partial charge in [-0.15, -0.1) is 24.0 Å². The predicted octanol–water partition coefficient (Wildman–Crippen LogP) is 1.52. The summed E-state index contributed by atoms with van der Waals surface area (Å²) < 4.78 is 5.70. The van der Waals surface area contributed by atoms with Gasteiger partial charge in [0.2, 0.25) is 5.91 Å². The molecule has 1 aliphatic carbocycles. The summed E-state index contributed by atoms with van der Waals surface area (Å²) in [6, 6.07) is 0. The number of hydrogen-bond donors (Lipinski definition) is 2. The molecule has 0 unspecified atom stereocenters. The van der Waals surface area contributed by atoms with Crippen molar-refractivity contribution in [1.82, 2.24) is 15.1 Å². The maximum absolute atomic E-state index is 11.2. The highest BCUT2D eigenvalue weighted by Crippen LogP contribution is 2.28. The lowest BCUT2D eigenvalue weighted by molar-refractivity contribution is -0.123. The Morgan fingerprint density at radius 3 is 2.56 bits per heavy atom. The van der Waals surface area contributed by atoms with Gasteiger partial charge in [0.25, 0.3) is 0 Å². The van der Waals surface area contributed by atoms with E-state index < -0.39 is 0 Å². The second-order valence-electron chi connectivity index (χ2n) is 7.64. The molecule has 27 heavy (non-hydrogen) atoms. The number of rotatable bonds is 11. The third-order valence-corrected chi connectivity index (χ3v) is 5.37. The summed E-state index contributed by atoms with van der Waals surface area (Å²) in [4.78, 5) is 20.1. The number of primary amides is 1. The van der Waals surface area contributed by atoms with Gasteiger partial charge in [0, 0.05) is 39.7 Å². The van der Waals surface area contributed by atoms with Crippen molar-refractivity contribution < 1.29 is 9.53 Å². The molecule has 3 N–H and O–H groups in total. The number of unbranched alkanes of at least 4 members (excludes halogenated alkanes) is 1. The number of nitrogens with two attached hydrogens (primary N) is 1. The van der Waals surface area contributed by atoms with Crippen molar-refractivity contribution in [3.05, 3.63) is 0 Å². The number of guanidine groups is 1. The van der Waals surface area contributed by atoms with Gasteiger partial charge in [-0.05, 0) is 64.1 Å². The van der Waals surface area contributed by atoms with Gasteiger partial charge in [-0.25, -0.2) is 0 Å². The van der Waals surface area contributed by atoms with Crippen LogP contribution in [-0.4, -0.2) is 81.7 Å². The Balaban J connectivity index is 0.00000364. The number of likely N-dealkylation sites (N-methyl/N-ethyl adjacent to an activating group) is 1. The molecular weight excluding hydrogens is 457 g/mol. The first-order valence-electron chi connectivity index (χ1n) is 10.1. The minimum absolute atomic E-state index is 0. The van der Waals surface area contributed by atoms with E-state index in [1.807, 2.05) is 7.05 Å². The summed E-state index contributed by atoms with van der Waals surface area (Å²) in [5.41, 5.74) is 5.38. The van der Waals surface area contributed by atoms with Crippen LogP contribution in [0.4, 0.5) is 0 Å². The van der Waals surface area contributed by atoms with Crippen molar-refractivity contribution >= 4 is 35.8 Å². The normalized spacial score (nSPS) is 18.8. The van der Waals surface area contributed by atoms with E-state index in [1.54, 1.807) is 0 Å². The van der Waals surface area contributed by atoms with Crippen molar-refractivity contribution in [3.8, 4) is 0 Å². The Morgan fingerprint density at radius 1 is 1.26 bits per heavy atom. The van der Waals surface area contributed by atoms with E-state index in [4.69, 9.17) is 10.5 Å². The number of nitrogens with zero attached hydrogens (tertiary/aromatic N) is 3. The molecule has 8 heteroatoms. The number of hydrogen-bond acceptors (Lipinski definition) is 4. The van der Waals surface area contributed by atoms with E-state index in [-0.39, 0.29) is 35.8 Å². The molecule has 1 aliphatic heterocycles. The van der Waals surface area contributed by atoms with Crippen LogP contribution >= 0.6 is 24.0 Å². The maximum Gasteiger partial charge on any atom is 0.220 e. The van der Waals surface area contributed by atoms with Crippen molar-refractivity contribution in [3.63, 3.8) is 0 Å². The highest BCUT2D eigenvalue weighted by atomic mass is 127. The van der Waals surface area contributed by atoms with E-state index in [9.17, 15) is 4.79 Å². The summed E-state index contributed by atoms with van der Waals surface area (Å²) in [5, 5.41) is 3.43. The fourth-order valence-electron chi connectivity index (χ4n) is 3.33. The third kappa shape index (κ3) is 9.94. The van der Waals surface area contributed by atoms with Gasteiger partial charge in [0.15, 0.2) is 5.96 Å². The number of aliphatic imine (C=N–C) groups is 1. The number of amides is 1. The topological polar surface area (TPSA) is 83.2 Å². The van der Waals surface area contributed by atoms with Crippen LogP contribution in [0.3, 0.4) is 0 Å². The van der Waals surface area contributed by atoms with E-state index in [0.717, 1.165) is 83.5 Å². The number of nitrogens with one attached hydrogen (secondary N) is 1. The van der Waals surface area contributed by atoms with E-state index >= 15 is 0 Å². The molecule has 7 nitrogen and oxygen atoms in total. The van der Waals surface area contributed by atoms with Gasteiger partial charge in [-0.1, -0.05) is 0 Å². The Bertz CT molecular complexity index is 451. The van der Waals surface area contributed by atoms with Crippen molar-refractivity contribution in [1.29, 1.82) is 0 Å². The van der Waals surface area contributed by atoms with Crippen LogP contribution in [0.25, 0.3) is 0 Å². The minimum Gasteiger partial charge on any atom is -0.379 e. The minimum atomic E-state index is -0.137. The van der Waals surface area contributed by atoms with Crippen LogP contribution in [0.5, 0.6) is 0 Å². The average Bonchev–Trinajstić information content (AvgIpc) is 3.46. The molecule has 2 fully saturated rings. The highest BCUT2D eigenvalue weighted by Gasteiger charge is 2.22. The molecule has 0 aromatic heterocycles. The molecule has 2 rings (SSSR count). The molecule has 0 atom stereocenters. The van der Waals surface area contributed by atoms with Gasteiger partial charge in [0.1, 0.15) is 0 Å². The number of halogens is 1. The molecule has 1 amide bonds. The molecule has 1 heterocycles. The van der Waals surface area contributed by atoms with Crippen molar-refractivity contribution in [2.75, 3.05) is 60.0 Å². The number of piperidine rings is 1. The number of carbonyl (C=O) groups excluding carboxylic acids is 1. The molecule has 0 aromatic rings. The lowest BCUT2D eigenvalue weighted by Gasteiger charge is -2.30. The van der Waals surface area contributed by atoms with Crippen molar-refractivity contribution in [2.45, 2.75) is 38.5 Å². The standard InChI is InChI=1S/C19H37N5O2.HI/c1-21-19(23(2)13-14-26-15-16-5-6-16)22-9-3-4-10-24-11-7-17(8-12-24)18(20)25;/h16-17H,3-15H2,1-2H3,(H2,20,25)(H,21,22);1H. The average molecular weight is 495 g/mol. The molecule has 0 radical (unpaired) electrons. The second-order valence-corrected chi connectivity index (χ2v) is 7.64. The zero-order valence-corrected chi connectivity index (χ0v) is 19.3. The molecule has 2 aliphatic rings. The Hall–Kier alpha value is -0.610. The number of carbonyl (C=O) groups is 1. The maximum atomic E-state index is 11.2. The van der Waals surface area contributed by atoms with Gasteiger partial charge in [-0.2, -0.15) is 0 Å². The van der Waals surface area contributed by atoms with Crippen LogP contribution in [0, 0.1) is 11.8 Å². The van der Waals surface area contributed by atoms with E-state index in [1.165, 1.54) is 12.8 Å². The van der Waals surface area contributed by atoms with Crippen LogP contribution in [-0.2, 0) is 9.53 Å². The van der Waals surface area contributed by atoms with Crippen LogP contribution in [0.2, 0.25) is 0 Å². The third-order valence-electron chi connectivity index (χ3n) is 5.37. The largest absolute Gasteiger partial charge is 0.379 e. The Kier molecular flexibility index (Phi) is 12.3. The molecule has 1 saturated heterocycles. The lowest BCUT2D eigenvalue weighted by Crippen LogP contribution is -2.41. The first kappa shape index (κ1) is 24.4. The van der Waals surface area contributed by atoms with E-state index in [0.29, 0.717) is 0 Å². The van der Waals surface area contributed by atoms with Gasteiger partial charge >= 0.3 is 0 Å². The number of ether oxygens (including phenoxy) is 1. The summed E-state index contributed by atoms with van der Waals surface area (Å²) in [5.74, 6) is 1.70. The fraction of sp³-hybridized carbons (Fsp3) is 0.895. The zero-order valence-electron chi connectivity index (χ0n) is 17.0. The Labute approximate surface area is 181 Å². The van der Waals surface area contributed by atoms with Crippen LogP contribution in [0.15, 0.2) is 4.99 Å². The van der Waals surface area contributed by atoms with Gasteiger partial charge in [0.05, 0.1) is 6.61 Å². The summed E-state index contributed by atoms with van der Waals surface area (Å²) in [6.45, 7) is 6.54. The highest BCUT2D eigenvalue weighted by molar-refractivity contribution is 14.0. The first-order valence-corrected chi connectivity index (χ1v) is 10.1. The molecule has 0 bridgehead atoms. The lowest BCUT2D eigenvalue weighted by atomic mass is 9.96. The van der Waals surface area contributed by atoms with Crippen LogP contribution in [0.1, 0.15) is 38.5 Å². The van der Waals surface area contributed by atoms with Gasteiger partial charge < -0.3 is 25.6 Å².